The summed E-state index contributed by atoms with van der Waals surface area (Å²) in [5.74, 6) is -1.32. The Labute approximate surface area is 140 Å². The third-order valence-corrected chi connectivity index (χ3v) is 5.10. The van der Waals surface area contributed by atoms with Gasteiger partial charge in [0.05, 0.1) is 12.7 Å². The van der Waals surface area contributed by atoms with Crippen LogP contribution < -0.4 is 0 Å². The minimum absolute atomic E-state index is 0.00846. The number of likely N-dealkylation sites (tertiary alicyclic amines) is 1. The lowest BCUT2D eigenvalue weighted by atomic mass is 9.89. The third kappa shape index (κ3) is 3.75. The van der Waals surface area contributed by atoms with E-state index in [0.29, 0.717) is 31.7 Å². The van der Waals surface area contributed by atoms with E-state index in [1.807, 2.05) is 4.90 Å². The summed E-state index contributed by atoms with van der Waals surface area (Å²) in [6.45, 7) is 1.70. The fourth-order valence-electron chi connectivity index (χ4n) is 3.77. The maximum atomic E-state index is 13.7. The molecule has 6 heteroatoms. The van der Waals surface area contributed by atoms with Crippen LogP contribution in [0.3, 0.4) is 0 Å². The Morgan fingerprint density at radius 3 is 2.92 bits per heavy atom. The Hall–Kier alpha value is -1.53. The Bertz CT molecular complexity index is 596. The van der Waals surface area contributed by atoms with Crippen LogP contribution >= 0.6 is 0 Å². The quantitative estimate of drug-likeness (QED) is 0.916. The van der Waals surface area contributed by atoms with Crippen LogP contribution in [0.5, 0.6) is 0 Å². The van der Waals surface area contributed by atoms with Crippen LogP contribution in [0.4, 0.5) is 8.78 Å². The van der Waals surface area contributed by atoms with Crippen molar-refractivity contribution in [2.24, 2.45) is 5.92 Å². The second kappa shape index (κ2) is 7.57. The highest BCUT2D eigenvalue weighted by molar-refractivity contribution is 5.77. The predicted molar refractivity (Wildman–Crippen MR) is 84.3 cm³/mol. The average molecular weight is 339 g/mol. The molecule has 0 bridgehead atoms. The van der Waals surface area contributed by atoms with Crippen LogP contribution in [0.2, 0.25) is 0 Å². The summed E-state index contributed by atoms with van der Waals surface area (Å²) in [6, 6.07) is 3.43. The first-order valence-corrected chi connectivity index (χ1v) is 8.55. The van der Waals surface area contributed by atoms with Crippen LogP contribution in [-0.4, -0.2) is 47.8 Å². The summed E-state index contributed by atoms with van der Waals surface area (Å²) in [6.07, 6.45) is 2.36. The van der Waals surface area contributed by atoms with Gasteiger partial charge in [0.2, 0.25) is 5.91 Å². The molecular weight excluding hydrogens is 316 g/mol. The molecule has 2 saturated heterocycles. The number of halogens is 2. The molecule has 1 N–H and O–H groups in total. The highest BCUT2D eigenvalue weighted by Gasteiger charge is 2.39. The van der Waals surface area contributed by atoms with Gasteiger partial charge in [-0.25, -0.2) is 8.78 Å². The molecule has 0 aromatic heterocycles. The average Bonchev–Trinajstić information content (AvgIpc) is 3.03. The molecule has 1 amide bonds. The van der Waals surface area contributed by atoms with E-state index in [9.17, 15) is 18.7 Å². The van der Waals surface area contributed by atoms with Crippen molar-refractivity contribution in [1.82, 2.24) is 4.90 Å². The van der Waals surface area contributed by atoms with Gasteiger partial charge < -0.3 is 14.7 Å². The van der Waals surface area contributed by atoms with Gasteiger partial charge in [-0.1, -0.05) is 6.07 Å². The van der Waals surface area contributed by atoms with Gasteiger partial charge in [0.25, 0.3) is 0 Å². The van der Waals surface area contributed by atoms with Crippen LogP contribution in [0, 0.1) is 17.6 Å². The lowest BCUT2D eigenvalue weighted by molar-refractivity contribution is -0.136. The van der Waals surface area contributed by atoms with E-state index < -0.39 is 17.7 Å². The maximum Gasteiger partial charge on any atom is 0.223 e. The van der Waals surface area contributed by atoms with Crippen molar-refractivity contribution < 1.29 is 23.4 Å². The summed E-state index contributed by atoms with van der Waals surface area (Å²) in [4.78, 5) is 14.4. The SMILES string of the molecule is O=C(CCc1ccc(F)cc1F)N1CCC[C@@H]1[C@@H]1COCC[C@@H]1O. The number of nitrogens with zero attached hydrogens (tertiary/aromatic N) is 1. The Kier molecular flexibility index (Phi) is 5.46. The second-order valence-electron chi connectivity index (χ2n) is 6.63. The van der Waals surface area contributed by atoms with Gasteiger partial charge in [0, 0.05) is 37.6 Å². The molecule has 2 fully saturated rings. The molecule has 0 unspecified atom stereocenters. The molecule has 24 heavy (non-hydrogen) atoms. The molecule has 3 rings (SSSR count). The van der Waals surface area contributed by atoms with Gasteiger partial charge in [0.1, 0.15) is 11.6 Å². The smallest absolute Gasteiger partial charge is 0.223 e. The van der Waals surface area contributed by atoms with E-state index in [-0.39, 0.29) is 30.7 Å². The molecule has 3 atom stereocenters. The summed E-state index contributed by atoms with van der Waals surface area (Å²) in [5, 5.41) is 10.2. The van der Waals surface area contributed by atoms with Crippen molar-refractivity contribution >= 4 is 5.91 Å². The van der Waals surface area contributed by atoms with Crippen molar-refractivity contribution in [3.63, 3.8) is 0 Å². The monoisotopic (exact) mass is 339 g/mol. The standard InChI is InChI=1S/C18H23F2NO3/c19-13-5-3-12(15(20)10-13)4-6-18(23)21-8-1-2-16(21)14-11-24-9-7-17(14)22/h3,5,10,14,16-17,22H,1-2,4,6-9,11H2/t14-,16+,17-/m0/s1. The zero-order valence-corrected chi connectivity index (χ0v) is 13.6. The van der Waals surface area contributed by atoms with Gasteiger partial charge >= 0.3 is 0 Å². The fourth-order valence-corrected chi connectivity index (χ4v) is 3.77. The van der Waals surface area contributed by atoms with Crippen LogP contribution in [-0.2, 0) is 16.0 Å². The van der Waals surface area contributed by atoms with Crippen LogP contribution in [0.15, 0.2) is 18.2 Å². The number of hydrogen-bond acceptors (Lipinski definition) is 3. The van der Waals surface area contributed by atoms with E-state index >= 15 is 0 Å². The zero-order chi connectivity index (χ0) is 17.1. The van der Waals surface area contributed by atoms with E-state index in [2.05, 4.69) is 0 Å². The van der Waals surface area contributed by atoms with Crippen molar-refractivity contribution in [1.29, 1.82) is 0 Å². The van der Waals surface area contributed by atoms with Gasteiger partial charge in [-0.05, 0) is 37.3 Å². The molecule has 2 aliphatic rings. The number of carbonyl (C=O) groups excluding carboxylic acids is 1. The molecule has 4 nitrogen and oxygen atoms in total. The topological polar surface area (TPSA) is 49.8 Å². The number of ether oxygens (including phenoxy) is 1. The van der Waals surface area contributed by atoms with Crippen molar-refractivity contribution in [2.45, 2.75) is 44.2 Å². The number of aryl methyl sites for hydroxylation is 1. The number of benzene rings is 1. The first-order chi connectivity index (χ1) is 11.6. The largest absolute Gasteiger partial charge is 0.393 e. The molecule has 0 saturated carbocycles. The van der Waals surface area contributed by atoms with Crippen molar-refractivity contribution in [3.05, 3.63) is 35.4 Å². The highest BCUT2D eigenvalue weighted by atomic mass is 19.1. The summed E-state index contributed by atoms with van der Waals surface area (Å²) in [7, 11) is 0. The minimum Gasteiger partial charge on any atom is -0.393 e. The first-order valence-electron chi connectivity index (χ1n) is 8.55. The van der Waals surface area contributed by atoms with Gasteiger partial charge in [-0.3, -0.25) is 4.79 Å². The van der Waals surface area contributed by atoms with Gasteiger partial charge in [0.15, 0.2) is 0 Å². The maximum absolute atomic E-state index is 13.7. The molecule has 0 aliphatic carbocycles. The number of amides is 1. The molecule has 1 aromatic carbocycles. The highest BCUT2D eigenvalue weighted by Crippen LogP contribution is 2.30. The van der Waals surface area contributed by atoms with Gasteiger partial charge in [-0.2, -0.15) is 0 Å². The minimum atomic E-state index is -0.617. The summed E-state index contributed by atoms with van der Waals surface area (Å²) in [5.41, 5.74) is 0.349. The fraction of sp³-hybridized carbons (Fsp3) is 0.611. The lowest BCUT2D eigenvalue weighted by Gasteiger charge is -2.37. The molecule has 2 aliphatic heterocycles. The number of aliphatic hydroxyl groups is 1. The third-order valence-electron chi connectivity index (χ3n) is 5.10. The van der Waals surface area contributed by atoms with E-state index in [4.69, 9.17) is 4.74 Å². The van der Waals surface area contributed by atoms with E-state index in [0.717, 1.165) is 18.9 Å². The molecular formula is C18H23F2NO3. The zero-order valence-electron chi connectivity index (χ0n) is 13.6. The van der Waals surface area contributed by atoms with E-state index in [1.54, 1.807) is 0 Å². The Morgan fingerprint density at radius 1 is 1.33 bits per heavy atom. The van der Waals surface area contributed by atoms with Crippen LogP contribution in [0.1, 0.15) is 31.2 Å². The summed E-state index contributed by atoms with van der Waals surface area (Å²) < 4.78 is 32.1. The normalized spacial score (nSPS) is 27.5. The number of rotatable bonds is 4. The van der Waals surface area contributed by atoms with E-state index in [1.165, 1.54) is 12.1 Å². The van der Waals surface area contributed by atoms with Crippen LogP contribution in [0.25, 0.3) is 0 Å². The molecule has 0 radical (unpaired) electrons. The number of carbonyl (C=O) groups is 1. The number of hydrogen-bond donors (Lipinski definition) is 1. The molecule has 1 aromatic rings. The van der Waals surface area contributed by atoms with Crippen molar-refractivity contribution in [3.8, 4) is 0 Å². The molecule has 0 spiro atoms. The molecule has 2 heterocycles. The summed E-state index contributed by atoms with van der Waals surface area (Å²) >= 11 is 0. The Morgan fingerprint density at radius 2 is 2.17 bits per heavy atom. The molecule has 132 valence electrons. The number of aliphatic hydroxyl groups excluding tert-OH is 1. The lowest BCUT2D eigenvalue weighted by Crippen LogP contribution is -2.48. The predicted octanol–water partition coefficient (Wildman–Crippen LogP) is 2.29. The second-order valence-corrected chi connectivity index (χ2v) is 6.63. The Balaban J connectivity index is 1.61. The first kappa shape index (κ1) is 17.3. The van der Waals surface area contributed by atoms with Crippen molar-refractivity contribution in [2.75, 3.05) is 19.8 Å². The van der Waals surface area contributed by atoms with Gasteiger partial charge in [-0.15, -0.1) is 0 Å².